The molecule has 72 valence electrons. The Kier molecular flexibility index (Phi) is 2.35. The number of aromatic hydroxyl groups is 1. The lowest BCUT2D eigenvalue weighted by molar-refractivity contribution is 0.469. The maximum Gasteiger partial charge on any atom is 0.220 e. The third-order valence-electron chi connectivity index (χ3n) is 2.50. The Hall–Kier alpha value is -1.57. The van der Waals surface area contributed by atoms with Gasteiger partial charge in [-0.2, -0.15) is 0 Å². The standard InChI is InChI=1S/C12H12O2/c13-11-8-4-3-7-10(12(11)14)9-5-1-2-6-9/h3-5,7-8H,1-2,6H2,(H,13,14). The maximum atomic E-state index is 11.3. The molecule has 0 radical (unpaired) electrons. The summed E-state index contributed by atoms with van der Waals surface area (Å²) < 4.78 is 0. The molecular formula is C12H12O2. The molecular weight excluding hydrogens is 176 g/mol. The van der Waals surface area contributed by atoms with Gasteiger partial charge in [0.2, 0.25) is 5.43 Å². The van der Waals surface area contributed by atoms with Gasteiger partial charge in [0.1, 0.15) is 0 Å². The zero-order valence-corrected chi connectivity index (χ0v) is 7.86. The van der Waals surface area contributed by atoms with E-state index in [9.17, 15) is 9.90 Å². The van der Waals surface area contributed by atoms with Crippen LogP contribution >= 0.6 is 0 Å². The molecule has 1 aromatic carbocycles. The molecule has 1 aliphatic rings. The highest BCUT2D eigenvalue weighted by Crippen LogP contribution is 2.30. The zero-order valence-electron chi connectivity index (χ0n) is 7.86. The van der Waals surface area contributed by atoms with Crippen molar-refractivity contribution in [2.24, 2.45) is 0 Å². The van der Waals surface area contributed by atoms with Crippen LogP contribution in [0.5, 0.6) is 5.75 Å². The molecule has 0 saturated carbocycles. The van der Waals surface area contributed by atoms with E-state index < -0.39 is 0 Å². The number of hydrogen-bond donors (Lipinski definition) is 1. The minimum absolute atomic E-state index is 0.122. The first-order chi connectivity index (χ1) is 6.79. The highest BCUT2D eigenvalue weighted by molar-refractivity contribution is 5.71. The number of rotatable bonds is 1. The first-order valence-electron chi connectivity index (χ1n) is 4.81. The third-order valence-corrected chi connectivity index (χ3v) is 2.50. The highest BCUT2D eigenvalue weighted by atomic mass is 16.3. The summed E-state index contributed by atoms with van der Waals surface area (Å²) in [6.07, 6.45) is 5.20. The largest absolute Gasteiger partial charge is 0.504 e. The van der Waals surface area contributed by atoms with Crippen LogP contribution in [0.15, 0.2) is 35.1 Å². The third kappa shape index (κ3) is 1.55. The van der Waals surface area contributed by atoms with E-state index in [1.807, 2.05) is 0 Å². The Bertz CT molecular complexity index is 433. The molecule has 0 fully saturated rings. The van der Waals surface area contributed by atoms with Gasteiger partial charge in [0, 0.05) is 5.56 Å². The Labute approximate surface area is 82.5 Å². The van der Waals surface area contributed by atoms with Gasteiger partial charge in [-0.25, -0.2) is 0 Å². The molecule has 1 aliphatic carbocycles. The van der Waals surface area contributed by atoms with Crippen molar-refractivity contribution in [3.05, 3.63) is 46.1 Å². The van der Waals surface area contributed by atoms with E-state index in [0.29, 0.717) is 5.56 Å². The summed E-state index contributed by atoms with van der Waals surface area (Å²) >= 11 is 0. The van der Waals surface area contributed by atoms with Gasteiger partial charge in [-0.1, -0.05) is 24.3 Å². The normalized spacial score (nSPS) is 15.3. The molecule has 0 aromatic heterocycles. The van der Waals surface area contributed by atoms with Crippen molar-refractivity contribution >= 4 is 5.57 Å². The van der Waals surface area contributed by atoms with Gasteiger partial charge in [-0.3, -0.25) is 4.79 Å². The molecule has 0 amide bonds. The first-order valence-corrected chi connectivity index (χ1v) is 4.81. The predicted octanol–water partition coefficient (Wildman–Crippen LogP) is 2.32. The summed E-state index contributed by atoms with van der Waals surface area (Å²) in [6, 6.07) is 6.62. The van der Waals surface area contributed by atoms with E-state index in [0.717, 1.165) is 24.8 Å². The SMILES string of the molecule is O=c1ccccc(C2=CCCC2)c1O. The summed E-state index contributed by atoms with van der Waals surface area (Å²) in [5, 5.41) is 9.66. The summed E-state index contributed by atoms with van der Waals surface area (Å²) in [6.45, 7) is 0. The smallest absolute Gasteiger partial charge is 0.220 e. The maximum absolute atomic E-state index is 11.3. The van der Waals surface area contributed by atoms with Crippen LogP contribution in [0.25, 0.3) is 5.57 Å². The van der Waals surface area contributed by atoms with Gasteiger partial charge in [0.15, 0.2) is 5.75 Å². The van der Waals surface area contributed by atoms with Crippen LogP contribution in [0.1, 0.15) is 24.8 Å². The molecule has 0 aliphatic heterocycles. The van der Waals surface area contributed by atoms with E-state index in [-0.39, 0.29) is 11.2 Å². The molecule has 14 heavy (non-hydrogen) atoms. The van der Waals surface area contributed by atoms with Gasteiger partial charge >= 0.3 is 0 Å². The van der Waals surface area contributed by atoms with Gasteiger partial charge in [-0.15, -0.1) is 0 Å². The second-order valence-corrected chi connectivity index (χ2v) is 3.47. The molecule has 0 spiro atoms. The first kappa shape index (κ1) is 9.00. The monoisotopic (exact) mass is 188 g/mol. The van der Waals surface area contributed by atoms with E-state index in [1.165, 1.54) is 6.07 Å². The Morgan fingerprint density at radius 2 is 2.00 bits per heavy atom. The molecule has 0 unspecified atom stereocenters. The van der Waals surface area contributed by atoms with Crippen LogP contribution in [-0.2, 0) is 0 Å². The van der Waals surface area contributed by atoms with Crippen LogP contribution < -0.4 is 5.43 Å². The van der Waals surface area contributed by atoms with Crippen LogP contribution in [0.3, 0.4) is 0 Å². The van der Waals surface area contributed by atoms with Crippen LogP contribution in [-0.4, -0.2) is 5.11 Å². The molecule has 2 nitrogen and oxygen atoms in total. The van der Waals surface area contributed by atoms with Crippen molar-refractivity contribution < 1.29 is 5.11 Å². The van der Waals surface area contributed by atoms with E-state index in [2.05, 4.69) is 6.08 Å². The lowest BCUT2D eigenvalue weighted by Gasteiger charge is -2.00. The van der Waals surface area contributed by atoms with Crippen molar-refractivity contribution in [3.8, 4) is 5.75 Å². The molecule has 2 heteroatoms. The topological polar surface area (TPSA) is 37.3 Å². The van der Waals surface area contributed by atoms with Crippen molar-refractivity contribution in [2.45, 2.75) is 19.3 Å². The summed E-state index contributed by atoms with van der Waals surface area (Å²) in [4.78, 5) is 11.3. The predicted molar refractivity (Wildman–Crippen MR) is 56.2 cm³/mol. The molecule has 0 saturated heterocycles. The Morgan fingerprint density at radius 3 is 2.71 bits per heavy atom. The highest BCUT2D eigenvalue weighted by Gasteiger charge is 2.11. The van der Waals surface area contributed by atoms with Crippen molar-refractivity contribution in [1.29, 1.82) is 0 Å². The molecule has 0 bridgehead atoms. The fourth-order valence-corrected chi connectivity index (χ4v) is 1.76. The van der Waals surface area contributed by atoms with E-state index in [1.54, 1.807) is 18.2 Å². The van der Waals surface area contributed by atoms with E-state index in [4.69, 9.17) is 0 Å². The fourth-order valence-electron chi connectivity index (χ4n) is 1.76. The average molecular weight is 188 g/mol. The fraction of sp³-hybridized carbons (Fsp3) is 0.250. The number of allylic oxidation sites excluding steroid dienone is 2. The molecule has 0 atom stereocenters. The van der Waals surface area contributed by atoms with Gasteiger partial charge in [0.05, 0.1) is 0 Å². The second-order valence-electron chi connectivity index (χ2n) is 3.47. The van der Waals surface area contributed by atoms with Gasteiger partial charge in [-0.05, 0) is 30.9 Å². The summed E-state index contributed by atoms with van der Waals surface area (Å²) in [5.74, 6) is -0.122. The van der Waals surface area contributed by atoms with Gasteiger partial charge < -0.3 is 5.11 Å². The summed E-state index contributed by atoms with van der Waals surface area (Å²) in [7, 11) is 0. The van der Waals surface area contributed by atoms with Crippen molar-refractivity contribution in [2.75, 3.05) is 0 Å². The summed E-state index contributed by atoms with van der Waals surface area (Å²) in [5.41, 5.74) is 1.48. The van der Waals surface area contributed by atoms with Crippen LogP contribution in [0.2, 0.25) is 0 Å². The molecule has 1 N–H and O–H groups in total. The van der Waals surface area contributed by atoms with Gasteiger partial charge in [0.25, 0.3) is 0 Å². The minimum atomic E-state index is -0.308. The lowest BCUT2D eigenvalue weighted by atomic mass is 10.1. The van der Waals surface area contributed by atoms with Crippen LogP contribution in [0.4, 0.5) is 0 Å². The lowest BCUT2D eigenvalue weighted by Crippen LogP contribution is -1.95. The van der Waals surface area contributed by atoms with Crippen molar-refractivity contribution in [3.63, 3.8) is 0 Å². The Balaban J connectivity index is 2.59. The minimum Gasteiger partial charge on any atom is -0.504 e. The molecule has 0 heterocycles. The molecule has 1 aromatic rings. The quantitative estimate of drug-likeness (QED) is 0.734. The average Bonchev–Trinajstić information content (AvgIpc) is 2.64. The van der Waals surface area contributed by atoms with Crippen molar-refractivity contribution in [1.82, 2.24) is 0 Å². The molecule has 2 rings (SSSR count). The zero-order chi connectivity index (χ0) is 9.97. The van der Waals surface area contributed by atoms with E-state index >= 15 is 0 Å². The second kappa shape index (κ2) is 3.66. The van der Waals surface area contributed by atoms with Crippen LogP contribution in [0, 0.1) is 0 Å². The Morgan fingerprint density at radius 1 is 1.21 bits per heavy atom. The number of hydrogen-bond acceptors (Lipinski definition) is 2.